The topological polar surface area (TPSA) is 68.8 Å². The zero-order chi connectivity index (χ0) is 21.5. The van der Waals surface area contributed by atoms with Gasteiger partial charge in [0.05, 0.1) is 6.54 Å². The number of carbonyl (C=O) groups excluding carboxylic acids is 1. The molecule has 1 atom stereocenters. The van der Waals surface area contributed by atoms with Gasteiger partial charge in [-0.2, -0.15) is 0 Å². The summed E-state index contributed by atoms with van der Waals surface area (Å²) in [6, 6.07) is 11.2. The summed E-state index contributed by atoms with van der Waals surface area (Å²) in [5, 5.41) is 9.15. The molecule has 0 radical (unpaired) electrons. The van der Waals surface area contributed by atoms with Crippen molar-refractivity contribution in [1.82, 2.24) is 16.0 Å². The van der Waals surface area contributed by atoms with Gasteiger partial charge in [0.25, 0.3) is 5.91 Å². The minimum Gasteiger partial charge on any atom is -0.365 e. The van der Waals surface area contributed by atoms with Gasteiger partial charge in [-0.1, -0.05) is 18.2 Å². The number of guanidine groups is 1. The Kier molecular flexibility index (Phi) is 7.21. The van der Waals surface area contributed by atoms with Gasteiger partial charge in [0.1, 0.15) is 17.3 Å². The lowest BCUT2D eigenvalue weighted by Gasteiger charge is -2.21. The van der Waals surface area contributed by atoms with Crippen LogP contribution >= 0.6 is 0 Å². The van der Waals surface area contributed by atoms with Crippen LogP contribution in [0.1, 0.15) is 29.3 Å². The van der Waals surface area contributed by atoms with E-state index < -0.39 is 11.6 Å². The molecule has 1 saturated heterocycles. The highest BCUT2D eigenvalue weighted by molar-refractivity contribution is 5.93. The minimum atomic E-state index is -0.545. The van der Waals surface area contributed by atoms with E-state index in [1.54, 1.807) is 24.1 Å². The standard InChI is InChI=1S/C22H27F2N5O/c1-3-26-22(27-13-15-7-9-16(10-8-15)21(30)25-2)28-17-11-12-29(14-17)20-18(23)5-4-6-19(20)24/h4-10,17H,3,11-14H2,1-2H3,(H,25,30)(H2,26,27,28). The summed E-state index contributed by atoms with van der Waals surface area (Å²) in [6.45, 7) is 4.17. The molecule has 1 aliphatic heterocycles. The molecule has 0 saturated carbocycles. The lowest BCUT2D eigenvalue weighted by molar-refractivity contribution is 0.0963. The van der Waals surface area contributed by atoms with E-state index in [2.05, 4.69) is 20.9 Å². The normalized spacial score (nSPS) is 16.5. The summed E-state index contributed by atoms with van der Waals surface area (Å²) in [5.41, 5.74) is 1.60. The van der Waals surface area contributed by atoms with Crippen LogP contribution in [0.15, 0.2) is 47.5 Å². The van der Waals surface area contributed by atoms with Crippen LogP contribution in [0.2, 0.25) is 0 Å². The van der Waals surface area contributed by atoms with Crippen molar-refractivity contribution in [1.29, 1.82) is 0 Å². The third-order valence-corrected chi connectivity index (χ3v) is 4.99. The van der Waals surface area contributed by atoms with Crippen molar-refractivity contribution in [2.45, 2.75) is 25.9 Å². The van der Waals surface area contributed by atoms with Crippen LogP contribution in [0.4, 0.5) is 14.5 Å². The van der Waals surface area contributed by atoms with Crippen molar-refractivity contribution in [2.24, 2.45) is 4.99 Å². The van der Waals surface area contributed by atoms with E-state index in [1.807, 2.05) is 19.1 Å². The molecule has 1 amide bonds. The summed E-state index contributed by atoms with van der Waals surface area (Å²) in [6.07, 6.45) is 0.749. The van der Waals surface area contributed by atoms with E-state index in [4.69, 9.17) is 0 Å². The van der Waals surface area contributed by atoms with Crippen LogP contribution in [0, 0.1) is 11.6 Å². The number of hydrogen-bond donors (Lipinski definition) is 3. The van der Waals surface area contributed by atoms with Crippen molar-refractivity contribution in [2.75, 3.05) is 31.6 Å². The summed E-state index contributed by atoms with van der Waals surface area (Å²) < 4.78 is 28.1. The minimum absolute atomic E-state index is 0.0254. The van der Waals surface area contributed by atoms with Gasteiger partial charge in [0.2, 0.25) is 0 Å². The van der Waals surface area contributed by atoms with Crippen LogP contribution in [0.25, 0.3) is 0 Å². The average Bonchev–Trinajstić information content (AvgIpc) is 3.20. The molecule has 0 aromatic heterocycles. The molecule has 0 spiro atoms. The van der Waals surface area contributed by atoms with Crippen LogP contribution in [0.5, 0.6) is 0 Å². The second-order valence-corrected chi connectivity index (χ2v) is 7.12. The first-order valence-corrected chi connectivity index (χ1v) is 10.1. The van der Waals surface area contributed by atoms with Crippen LogP contribution in [0.3, 0.4) is 0 Å². The maximum absolute atomic E-state index is 14.1. The Hall–Kier alpha value is -3.16. The average molecular weight is 415 g/mol. The fourth-order valence-electron chi connectivity index (χ4n) is 3.46. The fourth-order valence-corrected chi connectivity index (χ4v) is 3.46. The van der Waals surface area contributed by atoms with Crippen molar-refractivity contribution in [3.63, 3.8) is 0 Å². The van der Waals surface area contributed by atoms with Gasteiger partial charge in [-0.3, -0.25) is 4.79 Å². The molecule has 1 heterocycles. The molecule has 160 valence electrons. The number of halogens is 2. The molecule has 2 aromatic rings. The summed E-state index contributed by atoms with van der Waals surface area (Å²) >= 11 is 0. The monoisotopic (exact) mass is 415 g/mol. The molecule has 8 heteroatoms. The van der Waals surface area contributed by atoms with E-state index in [0.29, 0.717) is 37.7 Å². The van der Waals surface area contributed by atoms with Crippen molar-refractivity contribution in [3.8, 4) is 0 Å². The molecule has 0 aliphatic carbocycles. The van der Waals surface area contributed by atoms with Crippen LogP contribution in [-0.2, 0) is 6.54 Å². The summed E-state index contributed by atoms with van der Waals surface area (Å²) in [7, 11) is 1.60. The molecule has 2 aromatic carbocycles. The van der Waals surface area contributed by atoms with Gasteiger partial charge in [-0.05, 0) is 43.2 Å². The SMILES string of the molecule is CCNC(=NCc1ccc(C(=O)NC)cc1)NC1CCN(c2c(F)cccc2F)C1. The van der Waals surface area contributed by atoms with Crippen molar-refractivity contribution < 1.29 is 13.6 Å². The lowest BCUT2D eigenvalue weighted by atomic mass is 10.1. The van der Waals surface area contributed by atoms with E-state index in [-0.39, 0.29) is 17.6 Å². The first-order valence-electron chi connectivity index (χ1n) is 10.1. The number of nitrogens with one attached hydrogen (secondary N) is 3. The lowest BCUT2D eigenvalue weighted by Crippen LogP contribution is -2.44. The van der Waals surface area contributed by atoms with Gasteiger partial charge < -0.3 is 20.9 Å². The second kappa shape index (κ2) is 10.0. The molecule has 1 unspecified atom stereocenters. The van der Waals surface area contributed by atoms with Crippen molar-refractivity contribution >= 4 is 17.6 Å². The number of amides is 1. The van der Waals surface area contributed by atoms with Gasteiger partial charge in [0.15, 0.2) is 5.96 Å². The Balaban J connectivity index is 1.62. The third-order valence-electron chi connectivity index (χ3n) is 4.99. The van der Waals surface area contributed by atoms with E-state index in [1.165, 1.54) is 18.2 Å². The Morgan fingerprint density at radius 1 is 1.17 bits per heavy atom. The number of anilines is 1. The Morgan fingerprint density at radius 3 is 2.50 bits per heavy atom. The fraction of sp³-hybridized carbons (Fsp3) is 0.364. The predicted molar refractivity (Wildman–Crippen MR) is 115 cm³/mol. The highest BCUT2D eigenvalue weighted by Crippen LogP contribution is 2.26. The molecule has 3 N–H and O–H groups in total. The first kappa shape index (κ1) is 21.5. The molecule has 6 nitrogen and oxygen atoms in total. The number of para-hydroxylation sites is 1. The number of hydrogen-bond acceptors (Lipinski definition) is 3. The number of nitrogens with zero attached hydrogens (tertiary/aromatic N) is 2. The van der Waals surface area contributed by atoms with E-state index in [0.717, 1.165) is 12.0 Å². The van der Waals surface area contributed by atoms with Crippen LogP contribution < -0.4 is 20.9 Å². The Morgan fingerprint density at radius 2 is 1.87 bits per heavy atom. The zero-order valence-electron chi connectivity index (χ0n) is 17.2. The number of aliphatic imine (C=N–C) groups is 1. The number of rotatable bonds is 6. The van der Waals surface area contributed by atoms with Gasteiger partial charge in [-0.25, -0.2) is 13.8 Å². The van der Waals surface area contributed by atoms with Gasteiger partial charge >= 0.3 is 0 Å². The summed E-state index contributed by atoms with van der Waals surface area (Å²) in [5.74, 6) is -0.571. The largest absolute Gasteiger partial charge is 0.365 e. The maximum Gasteiger partial charge on any atom is 0.251 e. The first-order chi connectivity index (χ1) is 14.5. The van der Waals surface area contributed by atoms with E-state index in [9.17, 15) is 13.6 Å². The number of carbonyl (C=O) groups is 1. The van der Waals surface area contributed by atoms with Crippen LogP contribution in [-0.4, -0.2) is 44.6 Å². The maximum atomic E-state index is 14.1. The third kappa shape index (κ3) is 5.25. The molecule has 1 fully saturated rings. The molecule has 3 rings (SSSR count). The molecule has 1 aliphatic rings. The molecular weight excluding hydrogens is 388 g/mol. The number of benzene rings is 2. The van der Waals surface area contributed by atoms with E-state index >= 15 is 0 Å². The Bertz CT molecular complexity index is 881. The zero-order valence-corrected chi connectivity index (χ0v) is 17.2. The quantitative estimate of drug-likeness (QED) is 0.501. The van der Waals surface area contributed by atoms with Gasteiger partial charge in [-0.15, -0.1) is 0 Å². The summed E-state index contributed by atoms with van der Waals surface area (Å²) in [4.78, 5) is 18.0. The second-order valence-electron chi connectivity index (χ2n) is 7.12. The predicted octanol–water partition coefficient (Wildman–Crippen LogP) is 2.66. The molecular formula is C22H27F2N5O. The smallest absolute Gasteiger partial charge is 0.251 e. The van der Waals surface area contributed by atoms with Gasteiger partial charge in [0, 0.05) is 38.3 Å². The highest BCUT2D eigenvalue weighted by Gasteiger charge is 2.27. The van der Waals surface area contributed by atoms with Crippen molar-refractivity contribution in [3.05, 3.63) is 65.2 Å². The Labute approximate surface area is 175 Å². The molecule has 30 heavy (non-hydrogen) atoms. The highest BCUT2D eigenvalue weighted by atomic mass is 19.1. The molecule has 0 bridgehead atoms.